The molecule has 1 fully saturated rings. The van der Waals surface area contributed by atoms with Gasteiger partial charge in [0.25, 0.3) is 0 Å². The molecular formula is C13H18BrN. The zero-order valence-electron chi connectivity index (χ0n) is 9.25. The maximum Gasteiger partial charge on any atom is 0.0368 e. The van der Waals surface area contributed by atoms with E-state index in [1.165, 1.54) is 37.1 Å². The van der Waals surface area contributed by atoms with Crippen LogP contribution in [0, 0.1) is 0 Å². The SMILES string of the molecule is CCC1CCCN1c1ccc(CBr)cc1. The summed E-state index contributed by atoms with van der Waals surface area (Å²) in [7, 11) is 0. The van der Waals surface area contributed by atoms with Crippen LogP contribution in [-0.2, 0) is 5.33 Å². The molecule has 82 valence electrons. The summed E-state index contributed by atoms with van der Waals surface area (Å²) < 4.78 is 0. The first-order valence-electron chi connectivity index (χ1n) is 5.76. The molecule has 0 bridgehead atoms. The van der Waals surface area contributed by atoms with Gasteiger partial charge < -0.3 is 4.90 Å². The average Bonchev–Trinajstić information content (AvgIpc) is 2.77. The average molecular weight is 268 g/mol. The highest BCUT2D eigenvalue weighted by molar-refractivity contribution is 9.08. The predicted molar refractivity (Wildman–Crippen MR) is 69.7 cm³/mol. The molecule has 0 saturated carbocycles. The monoisotopic (exact) mass is 267 g/mol. The third-order valence-electron chi connectivity index (χ3n) is 3.27. The summed E-state index contributed by atoms with van der Waals surface area (Å²) >= 11 is 3.48. The molecule has 1 nitrogen and oxygen atoms in total. The van der Waals surface area contributed by atoms with Crippen LogP contribution in [0.5, 0.6) is 0 Å². The molecule has 1 aromatic carbocycles. The molecule has 1 heterocycles. The van der Waals surface area contributed by atoms with Gasteiger partial charge in [0.15, 0.2) is 0 Å². The van der Waals surface area contributed by atoms with Gasteiger partial charge in [0.2, 0.25) is 0 Å². The van der Waals surface area contributed by atoms with Gasteiger partial charge in [-0.05, 0) is 37.0 Å². The molecule has 0 amide bonds. The number of hydrogen-bond donors (Lipinski definition) is 0. The summed E-state index contributed by atoms with van der Waals surface area (Å²) in [5.41, 5.74) is 2.75. The summed E-state index contributed by atoms with van der Waals surface area (Å²) in [5, 5.41) is 0.949. The second-order valence-corrected chi connectivity index (χ2v) is 4.76. The van der Waals surface area contributed by atoms with Crippen molar-refractivity contribution in [2.24, 2.45) is 0 Å². The summed E-state index contributed by atoms with van der Waals surface area (Å²) in [6.07, 6.45) is 3.97. The Hall–Kier alpha value is -0.500. The van der Waals surface area contributed by atoms with Crippen LogP contribution in [0.4, 0.5) is 5.69 Å². The third kappa shape index (κ3) is 2.36. The molecule has 0 aliphatic carbocycles. The first-order chi connectivity index (χ1) is 7.35. The molecule has 0 aromatic heterocycles. The normalized spacial score (nSPS) is 20.9. The number of alkyl halides is 1. The number of rotatable bonds is 3. The van der Waals surface area contributed by atoms with Gasteiger partial charge in [-0.15, -0.1) is 0 Å². The Morgan fingerprint density at radius 2 is 2.07 bits per heavy atom. The van der Waals surface area contributed by atoms with Gasteiger partial charge in [0.05, 0.1) is 0 Å². The fourth-order valence-electron chi connectivity index (χ4n) is 2.38. The molecule has 1 saturated heterocycles. The maximum atomic E-state index is 3.48. The highest BCUT2D eigenvalue weighted by Gasteiger charge is 2.22. The maximum absolute atomic E-state index is 3.48. The Morgan fingerprint density at radius 3 is 2.67 bits per heavy atom. The largest absolute Gasteiger partial charge is 0.369 e. The van der Waals surface area contributed by atoms with Crippen LogP contribution in [0.15, 0.2) is 24.3 Å². The van der Waals surface area contributed by atoms with Crippen molar-refractivity contribution in [1.29, 1.82) is 0 Å². The van der Waals surface area contributed by atoms with Crippen molar-refractivity contribution in [1.82, 2.24) is 0 Å². The quantitative estimate of drug-likeness (QED) is 0.750. The molecule has 15 heavy (non-hydrogen) atoms. The summed E-state index contributed by atoms with van der Waals surface area (Å²) in [6, 6.07) is 9.71. The molecule has 2 heteroatoms. The van der Waals surface area contributed by atoms with E-state index in [9.17, 15) is 0 Å². The van der Waals surface area contributed by atoms with Gasteiger partial charge >= 0.3 is 0 Å². The van der Waals surface area contributed by atoms with Crippen molar-refractivity contribution in [2.75, 3.05) is 11.4 Å². The predicted octanol–water partition coefficient (Wildman–Crippen LogP) is 3.96. The second-order valence-electron chi connectivity index (χ2n) is 4.20. The van der Waals surface area contributed by atoms with E-state index in [2.05, 4.69) is 52.0 Å². The van der Waals surface area contributed by atoms with Crippen LogP contribution in [-0.4, -0.2) is 12.6 Å². The zero-order valence-corrected chi connectivity index (χ0v) is 10.8. The first kappa shape index (κ1) is 11.0. The van der Waals surface area contributed by atoms with E-state index in [0.29, 0.717) is 0 Å². The Kier molecular flexibility index (Phi) is 3.68. The van der Waals surface area contributed by atoms with Crippen LogP contribution in [0.1, 0.15) is 31.7 Å². The summed E-state index contributed by atoms with van der Waals surface area (Å²) in [4.78, 5) is 2.55. The van der Waals surface area contributed by atoms with E-state index >= 15 is 0 Å². The molecular weight excluding hydrogens is 250 g/mol. The fraction of sp³-hybridized carbons (Fsp3) is 0.538. The highest BCUT2D eigenvalue weighted by atomic mass is 79.9. The Morgan fingerprint density at radius 1 is 1.33 bits per heavy atom. The topological polar surface area (TPSA) is 3.24 Å². The lowest BCUT2D eigenvalue weighted by atomic mass is 10.1. The number of anilines is 1. The molecule has 0 radical (unpaired) electrons. The minimum absolute atomic E-state index is 0.764. The first-order valence-corrected chi connectivity index (χ1v) is 6.89. The van der Waals surface area contributed by atoms with E-state index in [-0.39, 0.29) is 0 Å². The molecule has 1 atom stereocenters. The lowest BCUT2D eigenvalue weighted by Crippen LogP contribution is -2.28. The number of hydrogen-bond acceptors (Lipinski definition) is 1. The Bertz CT molecular complexity index is 307. The van der Waals surface area contributed by atoms with Crippen LogP contribution in [0.3, 0.4) is 0 Å². The van der Waals surface area contributed by atoms with Gasteiger partial charge in [-0.3, -0.25) is 0 Å². The van der Waals surface area contributed by atoms with Gasteiger partial charge in [-0.25, -0.2) is 0 Å². The highest BCUT2D eigenvalue weighted by Crippen LogP contribution is 2.27. The van der Waals surface area contributed by atoms with Crippen molar-refractivity contribution >= 4 is 21.6 Å². The van der Waals surface area contributed by atoms with Crippen molar-refractivity contribution < 1.29 is 0 Å². The van der Waals surface area contributed by atoms with Crippen molar-refractivity contribution in [3.63, 3.8) is 0 Å². The molecule has 1 aliphatic rings. The van der Waals surface area contributed by atoms with E-state index in [1.54, 1.807) is 0 Å². The van der Waals surface area contributed by atoms with Crippen LogP contribution < -0.4 is 4.90 Å². The van der Waals surface area contributed by atoms with E-state index < -0.39 is 0 Å². The number of halogens is 1. The van der Waals surface area contributed by atoms with E-state index in [4.69, 9.17) is 0 Å². The zero-order chi connectivity index (χ0) is 10.7. The summed E-state index contributed by atoms with van der Waals surface area (Å²) in [6.45, 7) is 3.52. The number of benzene rings is 1. The standard InChI is InChI=1S/C13H18BrN/c1-2-12-4-3-9-15(12)13-7-5-11(10-14)6-8-13/h5-8,12H,2-4,9-10H2,1H3. The minimum atomic E-state index is 0.764. The molecule has 1 aliphatic heterocycles. The lowest BCUT2D eigenvalue weighted by molar-refractivity contribution is 0.645. The molecule has 1 aromatic rings. The Balaban J connectivity index is 2.14. The van der Waals surface area contributed by atoms with Gasteiger partial charge in [0, 0.05) is 23.6 Å². The van der Waals surface area contributed by atoms with Gasteiger partial charge in [-0.1, -0.05) is 35.0 Å². The van der Waals surface area contributed by atoms with Crippen LogP contribution >= 0.6 is 15.9 Å². The van der Waals surface area contributed by atoms with Crippen LogP contribution in [0.2, 0.25) is 0 Å². The summed E-state index contributed by atoms with van der Waals surface area (Å²) in [5.74, 6) is 0. The van der Waals surface area contributed by atoms with Crippen molar-refractivity contribution in [2.45, 2.75) is 37.6 Å². The fourth-order valence-corrected chi connectivity index (χ4v) is 2.75. The van der Waals surface area contributed by atoms with Crippen molar-refractivity contribution in [3.05, 3.63) is 29.8 Å². The number of nitrogens with zero attached hydrogens (tertiary/aromatic N) is 1. The minimum Gasteiger partial charge on any atom is -0.369 e. The molecule has 0 spiro atoms. The van der Waals surface area contributed by atoms with Crippen molar-refractivity contribution in [3.8, 4) is 0 Å². The Labute approximate surface area is 101 Å². The lowest BCUT2D eigenvalue weighted by Gasteiger charge is -2.26. The molecule has 1 unspecified atom stereocenters. The smallest absolute Gasteiger partial charge is 0.0368 e. The molecule has 0 N–H and O–H groups in total. The van der Waals surface area contributed by atoms with E-state index in [0.717, 1.165) is 11.4 Å². The van der Waals surface area contributed by atoms with Gasteiger partial charge in [0.1, 0.15) is 0 Å². The third-order valence-corrected chi connectivity index (χ3v) is 3.92. The van der Waals surface area contributed by atoms with Gasteiger partial charge in [-0.2, -0.15) is 0 Å². The molecule has 2 rings (SSSR count). The van der Waals surface area contributed by atoms with Crippen LogP contribution in [0.25, 0.3) is 0 Å². The van der Waals surface area contributed by atoms with E-state index in [1.807, 2.05) is 0 Å². The second kappa shape index (κ2) is 5.02.